The standard InChI is InChI=1S/C15H16FN3O3/c1-4-19-9(3)13(8(2)18-19)14(20)17-12-7-10(15(21)22)5-6-11(12)16/h5-7H,4H2,1-3H3,(H,17,20)(H,21,22). The molecule has 1 aromatic heterocycles. The first kappa shape index (κ1) is 15.7. The molecule has 0 aliphatic carbocycles. The number of aromatic carboxylic acids is 1. The molecule has 2 N–H and O–H groups in total. The zero-order valence-electron chi connectivity index (χ0n) is 12.5. The fraction of sp³-hybridized carbons (Fsp3) is 0.267. The van der Waals surface area contributed by atoms with E-state index in [1.54, 1.807) is 18.5 Å². The third kappa shape index (κ3) is 2.83. The van der Waals surface area contributed by atoms with Crippen molar-refractivity contribution in [2.24, 2.45) is 0 Å². The van der Waals surface area contributed by atoms with Crippen LogP contribution in [0.2, 0.25) is 0 Å². The van der Waals surface area contributed by atoms with Crippen LogP contribution in [-0.4, -0.2) is 26.8 Å². The second kappa shape index (κ2) is 5.97. The summed E-state index contributed by atoms with van der Waals surface area (Å²) < 4.78 is 15.4. The van der Waals surface area contributed by atoms with Gasteiger partial charge >= 0.3 is 5.97 Å². The summed E-state index contributed by atoms with van der Waals surface area (Å²) in [6.07, 6.45) is 0. The number of carbonyl (C=O) groups excluding carboxylic acids is 1. The van der Waals surface area contributed by atoms with Gasteiger partial charge in [0.2, 0.25) is 0 Å². The molecule has 116 valence electrons. The Morgan fingerprint density at radius 2 is 2.05 bits per heavy atom. The molecule has 0 bridgehead atoms. The molecule has 0 atom stereocenters. The zero-order valence-corrected chi connectivity index (χ0v) is 12.5. The Hall–Kier alpha value is -2.70. The van der Waals surface area contributed by atoms with Crippen molar-refractivity contribution < 1.29 is 19.1 Å². The number of nitrogens with zero attached hydrogens (tertiary/aromatic N) is 2. The van der Waals surface area contributed by atoms with Crippen molar-refractivity contribution in [1.29, 1.82) is 0 Å². The minimum absolute atomic E-state index is 0.102. The molecule has 1 amide bonds. The van der Waals surface area contributed by atoms with Crippen LogP contribution in [0.5, 0.6) is 0 Å². The summed E-state index contributed by atoms with van der Waals surface area (Å²) in [4.78, 5) is 23.3. The van der Waals surface area contributed by atoms with Gasteiger partial charge in [-0.05, 0) is 39.0 Å². The molecule has 0 spiro atoms. The number of amides is 1. The van der Waals surface area contributed by atoms with E-state index in [4.69, 9.17) is 5.11 Å². The molecule has 7 heteroatoms. The molecule has 2 aromatic rings. The van der Waals surface area contributed by atoms with E-state index in [1.807, 2.05) is 6.92 Å². The van der Waals surface area contributed by atoms with Crippen LogP contribution in [-0.2, 0) is 6.54 Å². The van der Waals surface area contributed by atoms with Crippen LogP contribution in [0.15, 0.2) is 18.2 Å². The van der Waals surface area contributed by atoms with Gasteiger partial charge in [0.1, 0.15) is 5.82 Å². The number of hydrogen-bond donors (Lipinski definition) is 2. The maximum Gasteiger partial charge on any atom is 0.335 e. The fourth-order valence-electron chi connectivity index (χ4n) is 2.27. The Balaban J connectivity index is 2.35. The lowest BCUT2D eigenvalue weighted by molar-refractivity contribution is 0.0696. The molecule has 1 heterocycles. The lowest BCUT2D eigenvalue weighted by Gasteiger charge is -2.08. The highest BCUT2D eigenvalue weighted by atomic mass is 19.1. The molecule has 0 aliphatic heterocycles. The van der Waals surface area contributed by atoms with Crippen molar-refractivity contribution in [3.63, 3.8) is 0 Å². The summed E-state index contributed by atoms with van der Waals surface area (Å²) in [5.74, 6) is -2.41. The van der Waals surface area contributed by atoms with E-state index in [2.05, 4.69) is 10.4 Å². The molecule has 2 rings (SSSR count). The lowest BCUT2D eigenvalue weighted by Crippen LogP contribution is -2.15. The summed E-state index contributed by atoms with van der Waals surface area (Å²) in [7, 11) is 0. The van der Waals surface area contributed by atoms with Crippen LogP contribution in [0.1, 0.15) is 39.0 Å². The number of benzene rings is 1. The third-order valence-corrected chi connectivity index (χ3v) is 3.37. The molecule has 0 saturated heterocycles. The van der Waals surface area contributed by atoms with Gasteiger partial charge in [-0.3, -0.25) is 9.48 Å². The molecule has 1 aromatic carbocycles. The predicted octanol–water partition coefficient (Wildman–Crippen LogP) is 2.61. The van der Waals surface area contributed by atoms with E-state index >= 15 is 0 Å². The van der Waals surface area contributed by atoms with Crippen molar-refractivity contribution in [2.45, 2.75) is 27.3 Å². The first-order valence-corrected chi connectivity index (χ1v) is 6.73. The Bertz CT molecular complexity index is 753. The van der Waals surface area contributed by atoms with Gasteiger partial charge in [0.15, 0.2) is 0 Å². The number of aryl methyl sites for hydroxylation is 2. The number of carbonyl (C=O) groups is 2. The second-order valence-electron chi connectivity index (χ2n) is 4.82. The number of rotatable bonds is 4. The minimum Gasteiger partial charge on any atom is -0.478 e. The van der Waals surface area contributed by atoms with Gasteiger partial charge < -0.3 is 10.4 Å². The van der Waals surface area contributed by atoms with Gasteiger partial charge in [0.05, 0.1) is 22.5 Å². The van der Waals surface area contributed by atoms with Crippen molar-refractivity contribution in [3.05, 3.63) is 46.5 Å². The highest BCUT2D eigenvalue weighted by Crippen LogP contribution is 2.20. The number of hydrogen-bond acceptors (Lipinski definition) is 3. The summed E-state index contributed by atoms with van der Waals surface area (Å²) in [6, 6.07) is 3.23. The predicted molar refractivity (Wildman–Crippen MR) is 78.7 cm³/mol. The van der Waals surface area contributed by atoms with E-state index in [0.29, 0.717) is 23.5 Å². The van der Waals surface area contributed by atoms with Gasteiger partial charge in [-0.15, -0.1) is 0 Å². The molecule has 0 unspecified atom stereocenters. The van der Waals surface area contributed by atoms with Crippen LogP contribution >= 0.6 is 0 Å². The second-order valence-corrected chi connectivity index (χ2v) is 4.82. The summed E-state index contributed by atoms with van der Waals surface area (Å²) >= 11 is 0. The van der Waals surface area contributed by atoms with Crippen LogP contribution in [0.25, 0.3) is 0 Å². The number of carboxylic acids is 1. The normalized spacial score (nSPS) is 10.5. The highest BCUT2D eigenvalue weighted by Gasteiger charge is 2.19. The van der Waals surface area contributed by atoms with Crippen molar-refractivity contribution in [1.82, 2.24) is 9.78 Å². The van der Waals surface area contributed by atoms with Crippen LogP contribution < -0.4 is 5.32 Å². The molecular weight excluding hydrogens is 289 g/mol. The average Bonchev–Trinajstić information content (AvgIpc) is 2.75. The van der Waals surface area contributed by atoms with Crippen molar-refractivity contribution >= 4 is 17.6 Å². The number of halogens is 1. The maximum atomic E-state index is 13.8. The van der Waals surface area contributed by atoms with E-state index in [0.717, 1.165) is 18.2 Å². The Labute approximate surface area is 126 Å². The summed E-state index contributed by atoms with van der Waals surface area (Å²) in [5, 5.41) is 15.6. The smallest absolute Gasteiger partial charge is 0.335 e. The SMILES string of the molecule is CCn1nc(C)c(C(=O)Nc2cc(C(=O)O)ccc2F)c1C. The summed E-state index contributed by atoms with van der Waals surface area (Å²) in [6.45, 7) is 5.96. The number of nitrogens with one attached hydrogen (secondary N) is 1. The fourth-order valence-corrected chi connectivity index (χ4v) is 2.27. The van der Waals surface area contributed by atoms with Crippen molar-refractivity contribution in [3.8, 4) is 0 Å². The third-order valence-electron chi connectivity index (χ3n) is 3.37. The molecule has 6 nitrogen and oxygen atoms in total. The van der Waals surface area contributed by atoms with Gasteiger partial charge in [0.25, 0.3) is 5.91 Å². The van der Waals surface area contributed by atoms with Gasteiger partial charge in [-0.1, -0.05) is 0 Å². The number of aromatic nitrogens is 2. The summed E-state index contributed by atoms with van der Waals surface area (Å²) in [5.41, 5.74) is 1.29. The first-order chi connectivity index (χ1) is 10.3. The van der Waals surface area contributed by atoms with Crippen LogP contribution in [0.3, 0.4) is 0 Å². The molecular formula is C15H16FN3O3. The van der Waals surface area contributed by atoms with Crippen LogP contribution in [0.4, 0.5) is 10.1 Å². The number of anilines is 1. The van der Waals surface area contributed by atoms with Gasteiger partial charge in [0, 0.05) is 12.2 Å². The highest BCUT2D eigenvalue weighted by molar-refractivity contribution is 6.06. The molecule has 0 saturated carbocycles. The van der Waals surface area contributed by atoms with Crippen molar-refractivity contribution in [2.75, 3.05) is 5.32 Å². The molecule has 0 aliphatic rings. The minimum atomic E-state index is -1.19. The zero-order chi connectivity index (χ0) is 16.4. The lowest BCUT2D eigenvalue weighted by atomic mass is 10.1. The Kier molecular flexibility index (Phi) is 4.25. The first-order valence-electron chi connectivity index (χ1n) is 6.73. The maximum absolute atomic E-state index is 13.8. The quantitative estimate of drug-likeness (QED) is 0.909. The monoisotopic (exact) mass is 305 g/mol. The molecule has 0 radical (unpaired) electrons. The Morgan fingerprint density at radius 3 is 2.59 bits per heavy atom. The van der Waals surface area contributed by atoms with Gasteiger partial charge in [-0.25, -0.2) is 9.18 Å². The largest absolute Gasteiger partial charge is 0.478 e. The topological polar surface area (TPSA) is 84.2 Å². The van der Waals surface area contributed by atoms with Crippen LogP contribution in [0, 0.1) is 19.7 Å². The number of carboxylic acid groups (broad SMARTS) is 1. The Morgan fingerprint density at radius 1 is 1.36 bits per heavy atom. The van der Waals surface area contributed by atoms with E-state index < -0.39 is 17.7 Å². The van der Waals surface area contributed by atoms with E-state index in [-0.39, 0.29) is 11.3 Å². The van der Waals surface area contributed by atoms with Gasteiger partial charge in [-0.2, -0.15) is 5.10 Å². The van der Waals surface area contributed by atoms with E-state index in [9.17, 15) is 14.0 Å². The molecule has 22 heavy (non-hydrogen) atoms. The molecule has 0 fully saturated rings. The van der Waals surface area contributed by atoms with E-state index in [1.165, 1.54) is 0 Å². The average molecular weight is 305 g/mol.